The normalized spacial score (nSPS) is 11.7. The third-order valence-electron chi connectivity index (χ3n) is 5.30. The van der Waals surface area contributed by atoms with E-state index in [0.29, 0.717) is 0 Å². The van der Waals surface area contributed by atoms with Crippen LogP contribution in [0, 0.1) is 20.8 Å². The SMILES string of the molecule is Cc1cc(C)c(-c2cnc3c4ccccc4c4ccccc4n23)c(C)c1. The monoisotopic (exact) mass is 336 g/mol. The highest BCUT2D eigenvalue weighted by atomic mass is 15.0. The molecule has 0 amide bonds. The maximum atomic E-state index is 4.84. The predicted octanol–water partition coefficient (Wildman–Crippen LogP) is 6.23. The molecule has 5 rings (SSSR count). The Kier molecular flexibility index (Phi) is 3.17. The van der Waals surface area contributed by atoms with E-state index in [-0.39, 0.29) is 0 Å². The summed E-state index contributed by atoms with van der Waals surface area (Å²) in [5.74, 6) is 0. The minimum absolute atomic E-state index is 1.02. The number of benzene rings is 3. The van der Waals surface area contributed by atoms with E-state index >= 15 is 0 Å². The summed E-state index contributed by atoms with van der Waals surface area (Å²) >= 11 is 0. The molecule has 3 aromatic carbocycles. The zero-order valence-corrected chi connectivity index (χ0v) is 15.2. The molecule has 0 saturated heterocycles. The van der Waals surface area contributed by atoms with Crippen LogP contribution in [0.2, 0.25) is 0 Å². The topological polar surface area (TPSA) is 17.3 Å². The Labute approximate surface area is 152 Å². The first kappa shape index (κ1) is 15.2. The van der Waals surface area contributed by atoms with Crippen molar-refractivity contribution in [2.75, 3.05) is 0 Å². The van der Waals surface area contributed by atoms with Crippen LogP contribution in [0.3, 0.4) is 0 Å². The van der Waals surface area contributed by atoms with Gasteiger partial charge in [0.05, 0.1) is 17.4 Å². The third-order valence-corrected chi connectivity index (χ3v) is 5.30. The van der Waals surface area contributed by atoms with Crippen molar-refractivity contribution >= 4 is 27.3 Å². The summed E-state index contributed by atoms with van der Waals surface area (Å²) in [5, 5.41) is 3.71. The maximum absolute atomic E-state index is 4.84. The largest absolute Gasteiger partial charge is 0.292 e. The second-order valence-electron chi connectivity index (χ2n) is 7.14. The summed E-state index contributed by atoms with van der Waals surface area (Å²) in [4.78, 5) is 4.84. The number of rotatable bonds is 1. The number of imidazole rings is 1. The molecule has 126 valence electrons. The molecule has 0 spiro atoms. The maximum Gasteiger partial charge on any atom is 0.145 e. The Hall–Kier alpha value is -3.13. The molecule has 2 heterocycles. The second kappa shape index (κ2) is 5.43. The van der Waals surface area contributed by atoms with Gasteiger partial charge < -0.3 is 0 Å². The van der Waals surface area contributed by atoms with Gasteiger partial charge in [-0.2, -0.15) is 0 Å². The molecule has 0 saturated carbocycles. The Morgan fingerprint density at radius 2 is 1.35 bits per heavy atom. The van der Waals surface area contributed by atoms with Crippen molar-refractivity contribution in [3.05, 3.63) is 83.6 Å². The van der Waals surface area contributed by atoms with Crippen LogP contribution in [-0.4, -0.2) is 9.38 Å². The summed E-state index contributed by atoms with van der Waals surface area (Å²) in [5.41, 5.74) is 8.55. The van der Waals surface area contributed by atoms with Crippen LogP contribution in [0.1, 0.15) is 16.7 Å². The van der Waals surface area contributed by atoms with Crippen molar-refractivity contribution in [2.45, 2.75) is 20.8 Å². The third kappa shape index (κ3) is 2.02. The zero-order valence-electron chi connectivity index (χ0n) is 15.2. The zero-order chi connectivity index (χ0) is 17.8. The highest BCUT2D eigenvalue weighted by Crippen LogP contribution is 2.35. The van der Waals surface area contributed by atoms with Gasteiger partial charge in [-0.25, -0.2) is 4.98 Å². The molecule has 2 heteroatoms. The van der Waals surface area contributed by atoms with Gasteiger partial charge in [0, 0.05) is 16.3 Å². The Morgan fingerprint density at radius 3 is 2.08 bits per heavy atom. The smallest absolute Gasteiger partial charge is 0.145 e. The summed E-state index contributed by atoms with van der Waals surface area (Å²) in [6.07, 6.45) is 2.03. The summed E-state index contributed by atoms with van der Waals surface area (Å²) in [6, 6.07) is 21.7. The average Bonchev–Trinajstić information content (AvgIpc) is 3.06. The molecule has 0 aliphatic heterocycles. The minimum atomic E-state index is 1.02. The number of fused-ring (bicyclic) bond motifs is 6. The van der Waals surface area contributed by atoms with Gasteiger partial charge in [0.25, 0.3) is 0 Å². The number of aromatic nitrogens is 2. The fourth-order valence-corrected chi connectivity index (χ4v) is 4.36. The van der Waals surface area contributed by atoms with Gasteiger partial charge in [-0.05, 0) is 43.4 Å². The van der Waals surface area contributed by atoms with Gasteiger partial charge in [0.1, 0.15) is 5.65 Å². The van der Waals surface area contributed by atoms with Crippen LogP contribution in [0.5, 0.6) is 0 Å². The number of hydrogen-bond acceptors (Lipinski definition) is 1. The first-order valence-corrected chi connectivity index (χ1v) is 9.00. The summed E-state index contributed by atoms with van der Waals surface area (Å²) < 4.78 is 2.32. The van der Waals surface area contributed by atoms with Gasteiger partial charge in [-0.1, -0.05) is 60.2 Å². The lowest BCUT2D eigenvalue weighted by molar-refractivity contribution is 1.24. The van der Waals surface area contributed by atoms with Crippen LogP contribution in [0.4, 0.5) is 0 Å². The van der Waals surface area contributed by atoms with Crippen LogP contribution in [-0.2, 0) is 0 Å². The molecule has 0 radical (unpaired) electrons. The van der Waals surface area contributed by atoms with E-state index in [1.54, 1.807) is 0 Å². The average molecular weight is 336 g/mol. The van der Waals surface area contributed by atoms with E-state index < -0.39 is 0 Å². The molecule has 0 unspecified atom stereocenters. The van der Waals surface area contributed by atoms with Crippen molar-refractivity contribution < 1.29 is 0 Å². The van der Waals surface area contributed by atoms with Crippen LogP contribution < -0.4 is 0 Å². The summed E-state index contributed by atoms with van der Waals surface area (Å²) in [7, 11) is 0. The molecular formula is C24H20N2. The molecule has 2 aromatic heterocycles. The molecule has 0 atom stereocenters. The number of nitrogens with zero attached hydrogens (tertiary/aromatic N) is 2. The van der Waals surface area contributed by atoms with Gasteiger partial charge in [0.15, 0.2) is 0 Å². The fourth-order valence-electron chi connectivity index (χ4n) is 4.36. The standard InChI is InChI=1S/C24H20N2/c1-15-12-16(2)23(17(3)13-15)22-14-25-24-20-10-5-4-8-18(20)19-9-6-7-11-21(19)26(22)24/h4-14H,1-3H3. The first-order chi connectivity index (χ1) is 12.6. The summed E-state index contributed by atoms with van der Waals surface area (Å²) in [6.45, 7) is 6.54. The number of pyridine rings is 1. The lowest BCUT2D eigenvalue weighted by Gasteiger charge is -2.14. The molecule has 2 nitrogen and oxygen atoms in total. The lowest BCUT2D eigenvalue weighted by Crippen LogP contribution is -1.97. The van der Waals surface area contributed by atoms with Gasteiger partial charge in [0.2, 0.25) is 0 Å². The van der Waals surface area contributed by atoms with Crippen molar-refractivity contribution in [1.29, 1.82) is 0 Å². The van der Waals surface area contributed by atoms with Crippen LogP contribution >= 0.6 is 0 Å². The minimum Gasteiger partial charge on any atom is -0.292 e. The van der Waals surface area contributed by atoms with Crippen LogP contribution in [0.25, 0.3) is 38.6 Å². The highest BCUT2D eigenvalue weighted by Gasteiger charge is 2.16. The molecule has 0 fully saturated rings. The Morgan fingerprint density at radius 1 is 0.731 bits per heavy atom. The van der Waals surface area contributed by atoms with Crippen molar-refractivity contribution in [3.8, 4) is 11.3 Å². The van der Waals surface area contributed by atoms with E-state index in [2.05, 4.69) is 85.8 Å². The number of hydrogen-bond donors (Lipinski definition) is 0. The highest BCUT2D eigenvalue weighted by molar-refractivity contribution is 6.12. The van der Waals surface area contributed by atoms with E-state index in [1.807, 2.05) is 6.20 Å². The predicted molar refractivity (Wildman–Crippen MR) is 110 cm³/mol. The molecular weight excluding hydrogens is 316 g/mol. The quantitative estimate of drug-likeness (QED) is 0.332. The number of para-hydroxylation sites is 1. The molecule has 0 N–H and O–H groups in total. The van der Waals surface area contributed by atoms with Crippen molar-refractivity contribution in [1.82, 2.24) is 9.38 Å². The lowest BCUT2D eigenvalue weighted by atomic mass is 9.97. The Bertz CT molecular complexity index is 1290. The first-order valence-electron chi connectivity index (χ1n) is 9.00. The van der Waals surface area contributed by atoms with Crippen molar-refractivity contribution in [2.24, 2.45) is 0 Å². The van der Waals surface area contributed by atoms with Gasteiger partial charge in [-0.15, -0.1) is 0 Å². The van der Waals surface area contributed by atoms with E-state index in [9.17, 15) is 0 Å². The second-order valence-corrected chi connectivity index (χ2v) is 7.14. The molecule has 5 aromatic rings. The van der Waals surface area contributed by atoms with Crippen LogP contribution in [0.15, 0.2) is 66.9 Å². The van der Waals surface area contributed by atoms with Crippen molar-refractivity contribution in [3.63, 3.8) is 0 Å². The molecule has 0 bridgehead atoms. The van der Waals surface area contributed by atoms with E-state index in [0.717, 1.165) is 11.3 Å². The fraction of sp³-hybridized carbons (Fsp3) is 0.125. The van der Waals surface area contributed by atoms with E-state index in [1.165, 1.54) is 43.9 Å². The van der Waals surface area contributed by atoms with Gasteiger partial charge >= 0.3 is 0 Å². The number of aryl methyl sites for hydroxylation is 3. The Balaban J connectivity index is 2.02. The van der Waals surface area contributed by atoms with Gasteiger partial charge in [-0.3, -0.25) is 4.40 Å². The molecule has 26 heavy (non-hydrogen) atoms. The molecule has 0 aliphatic carbocycles. The molecule has 0 aliphatic rings. The van der Waals surface area contributed by atoms with E-state index in [4.69, 9.17) is 4.98 Å².